The molecule has 0 bridgehead atoms. The lowest BCUT2D eigenvalue weighted by Gasteiger charge is -2.36. The average Bonchev–Trinajstić information content (AvgIpc) is 2.75. The van der Waals surface area contributed by atoms with E-state index in [9.17, 15) is 0 Å². The Morgan fingerprint density at radius 1 is 1.40 bits per heavy atom. The van der Waals surface area contributed by atoms with Crippen molar-refractivity contribution in [1.29, 1.82) is 0 Å². The van der Waals surface area contributed by atoms with Gasteiger partial charge in [0.25, 0.3) is 0 Å². The number of nitrogens with one attached hydrogen (secondary N) is 1. The Morgan fingerprint density at radius 3 is 2.95 bits per heavy atom. The summed E-state index contributed by atoms with van der Waals surface area (Å²) in [5.41, 5.74) is 1.25. The number of nitrogens with zero attached hydrogens (tertiary/aromatic N) is 1. The monoisotopic (exact) mass is 280 g/mol. The van der Waals surface area contributed by atoms with Gasteiger partial charge in [-0.15, -0.1) is 0 Å². The first-order valence-electron chi connectivity index (χ1n) is 7.74. The Labute approximate surface area is 122 Å². The van der Waals surface area contributed by atoms with Gasteiger partial charge < -0.3 is 14.5 Å². The maximum Gasteiger partial charge on any atom is 0.120 e. The van der Waals surface area contributed by atoms with E-state index in [0.717, 1.165) is 50.7 Å². The predicted octanol–water partition coefficient (Wildman–Crippen LogP) is 2.70. The van der Waals surface area contributed by atoms with Crippen LogP contribution in [0.15, 0.2) is 10.5 Å². The molecule has 2 rings (SSSR count). The lowest BCUT2D eigenvalue weighted by atomic mass is 10.2. The van der Waals surface area contributed by atoms with Crippen LogP contribution in [0.1, 0.15) is 44.3 Å². The highest BCUT2D eigenvalue weighted by Gasteiger charge is 2.24. The van der Waals surface area contributed by atoms with Crippen molar-refractivity contribution < 1.29 is 9.15 Å². The van der Waals surface area contributed by atoms with Gasteiger partial charge in [0.1, 0.15) is 11.5 Å². The van der Waals surface area contributed by atoms with E-state index in [0.29, 0.717) is 12.1 Å². The topological polar surface area (TPSA) is 37.6 Å². The van der Waals surface area contributed by atoms with Gasteiger partial charge in [-0.3, -0.25) is 4.90 Å². The summed E-state index contributed by atoms with van der Waals surface area (Å²) in [5.74, 6) is 2.14. The van der Waals surface area contributed by atoms with Gasteiger partial charge in [-0.2, -0.15) is 0 Å². The van der Waals surface area contributed by atoms with Crippen molar-refractivity contribution in [2.24, 2.45) is 0 Å². The molecule has 20 heavy (non-hydrogen) atoms. The van der Waals surface area contributed by atoms with E-state index < -0.39 is 0 Å². The molecule has 1 aromatic heterocycles. The molecule has 1 aliphatic heterocycles. The van der Waals surface area contributed by atoms with Crippen molar-refractivity contribution in [3.05, 3.63) is 23.2 Å². The summed E-state index contributed by atoms with van der Waals surface area (Å²) in [7, 11) is 0. The van der Waals surface area contributed by atoms with E-state index in [1.54, 1.807) is 0 Å². The van der Waals surface area contributed by atoms with Crippen LogP contribution in [0.5, 0.6) is 0 Å². The molecule has 2 heterocycles. The van der Waals surface area contributed by atoms with E-state index in [1.165, 1.54) is 5.56 Å². The van der Waals surface area contributed by atoms with E-state index in [1.807, 2.05) is 0 Å². The summed E-state index contributed by atoms with van der Waals surface area (Å²) in [6, 6.07) is 2.63. The molecule has 4 nitrogen and oxygen atoms in total. The minimum absolute atomic E-state index is 0.313. The molecule has 2 atom stereocenters. The van der Waals surface area contributed by atoms with Crippen LogP contribution in [-0.4, -0.2) is 36.7 Å². The van der Waals surface area contributed by atoms with E-state index in [4.69, 9.17) is 9.15 Å². The second-order valence-electron chi connectivity index (χ2n) is 5.92. The maximum absolute atomic E-state index is 6.00. The molecule has 4 heteroatoms. The van der Waals surface area contributed by atoms with Gasteiger partial charge in [-0.1, -0.05) is 6.92 Å². The summed E-state index contributed by atoms with van der Waals surface area (Å²) in [5, 5.41) is 3.40. The number of ether oxygens (including phenoxy) is 1. The molecule has 1 N–H and O–H groups in total. The Hall–Kier alpha value is -0.840. The Balaban J connectivity index is 1.93. The summed E-state index contributed by atoms with van der Waals surface area (Å²) < 4.78 is 11.7. The van der Waals surface area contributed by atoms with Gasteiger partial charge in [0.2, 0.25) is 0 Å². The zero-order valence-electron chi connectivity index (χ0n) is 13.2. The number of rotatable bonds is 6. The lowest BCUT2D eigenvalue weighted by molar-refractivity contribution is -0.0546. The SMILES string of the molecule is CCCNCc1oc(CN2CC(C)OCC2C)cc1C. The number of hydrogen-bond donors (Lipinski definition) is 1. The Kier molecular flexibility index (Phi) is 5.64. The van der Waals surface area contributed by atoms with Gasteiger partial charge in [0.05, 0.1) is 25.8 Å². The fraction of sp³-hybridized carbons (Fsp3) is 0.750. The van der Waals surface area contributed by atoms with Gasteiger partial charge in [-0.25, -0.2) is 0 Å². The zero-order valence-corrected chi connectivity index (χ0v) is 13.2. The van der Waals surface area contributed by atoms with Gasteiger partial charge in [0.15, 0.2) is 0 Å². The third-order valence-electron chi connectivity index (χ3n) is 3.88. The quantitative estimate of drug-likeness (QED) is 0.813. The Bertz CT molecular complexity index is 417. The molecule has 1 aromatic rings. The van der Waals surface area contributed by atoms with Crippen LogP contribution in [0.25, 0.3) is 0 Å². The van der Waals surface area contributed by atoms with E-state index in [-0.39, 0.29) is 0 Å². The maximum atomic E-state index is 6.00. The molecule has 1 saturated heterocycles. The number of furan rings is 1. The highest BCUT2D eigenvalue weighted by atomic mass is 16.5. The standard InChI is InChI=1S/C16H28N2O2/c1-5-6-17-8-16-12(2)7-15(20-16)10-18-9-14(4)19-11-13(18)3/h7,13-14,17H,5-6,8-11H2,1-4H3. The third-order valence-corrected chi connectivity index (χ3v) is 3.88. The van der Waals surface area contributed by atoms with Gasteiger partial charge in [-0.05, 0) is 45.4 Å². The summed E-state index contributed by atoms with van der Waals surface area (Å²) in [6.07, 6.45) is 1.46. The molecule has 0 spiro atoms. The first kappa shape index (κ1) is 15.5. The minimum Gasteiger partial charge on any atom is -0.463 e. The second-order valence-corrected chi connectivity index (χ2v) is 5.92. The molecule has 0 radical (unpaired) electrons. The van der Waals surface area contributed by atoms with Crippen LogP contribution in [0.4, 0.5) is 0 Å². The normalized spacial score (nSPS) is 24.2. The zero-order chi connectivity index (χ0) is 14.5. The summed E-state index contributed by atoms with van der Waals surface area (Å²) in [4.78, 5) is 2.44. The lowest BCUT2D eigenvalue weighted by Crippen LogP contribution is -2.46. The van der Waals surface area contributed by atoms with Gasteiger partial charge in [0, 0.05) is 12.6 Å². The van der Waals surface area contributed by atoms with E-state index in [2.05, 4.69) is 44.0 Å². The molecule has 2 unspecified atom stereocenters. The second kappa shape index (κ2) is 7.25. The molecule has 1 aliphatic rings. The summed E-state index contributed by atoms with van der Waals surface area (Å²) in [6.45, 7) is 13.2. The summed E-state index contributed by atoms with van der Waals surface area (Å²) >= 11 is 0. The molecule has 0 aliphatic carbocycles. The first-order chi connectivity index (χ1) is 9.60. The molecule has 0 aromatic carbocycles. The highest BCUT2D eigenvalue weighted by Crippen LogP contribution is 2.20. The highest BCUT2D eigenvalue weighted by molar-refractivity contribution is 5.20. The third kappa shape index (κ3) is 4.08. The first-order valence-corrected chi connectivity index (χ1v) is 7.74. The molecule has 114 valence electrons. The van der Waals surface area contributed by atoms with Crippen LogP contribution >= 0.6 is 0 Å². The number of hydrogen-bond acceptors (Lipinski definition) is 4. The van der Waals surface area contributed by atoms with Crippen molar-refractivity contribution in [2.45, 2.75) is 59.4 Å². The largest absolute Gasteiger partial charge is 0.463 e. The van der Waals surface area contributed by atoms with Crippen LogP contribution < -0.4 is 5.32 Å². The van der Waals surface area contributed by atoms with Crippen LogP contribution in [0, 0.1) is 6.92 Å². The van der Waals surface area contributed by atoms with Gasteiger partial charge >= 0.3 is 0 Å². The van der Waals surface area contributed by atoms with Crippen molar-refractivity contribution in [1.82, 2.24) is 10.2 Å². The van der Waals surface area contributed by atoms with Crippen molar-refractivity contribution in [3.8, 4) is 0 Å². The van der Waals surface area contributed by atoms with Crippen molar-refractivity contribution in [2.75, 3.05) is 19.7 Å². The van der Waals surface area contributed by atoms with Crippen LogP contribution in [0.2, 0.25) is 0 Å². The average molecular weight is 280 g/mol. The number of morpholine rings is 1. The molecule has 0 saturated carbocycles. The predicted molar refractivity (Wildman–Crippen MR) is 80.7 cm³/mol. The molecular formula is C16H28N2O2. The minimum atomic E-state index is 0.313. The van der Waals surface area contributed by atoms with Crippen LogP contribution in [-0.2, 0) is 17.8 Å². The Morgan fingerprint density at radius 2 is 2.20 bits per heavy atom. The van der Waals surface area contributed by atoms with Crippen LogP contribution in [0.3, 0.4) is 0 Å². The fourth-order valence-electron chi connectivity index (χ4n) is 2.61. The number of aryl methyl sites for hydroxylation is 1. The molecule has 0 amide bonds. The molecule has 1 fully saturated rings. The molecular weight excluding hydrogens is 252 g/mol. The smallest absolute Gasteiger partial charge is 0.120 e. The fourth-order valence-corrected chi connectivity index (χ4v) is 2.61. The van der Waals surface area contributed by atoms with Crippen molar-refractivity contribution in [3.63, 3.8) is 0 Å². The van der Waals surface area contributed by atoms with Crippen molar-refractivity contribution >= 4 is 0 Å². The van der Waals surface area contributed by atoms with E-state index >= 15 is 0 Å².